The molecular formula is C23H16BrCl2N5O4. The Balaban J connectivity index is 1.67. The molecule has 0 aliphatic carbocycles. The zero-order chi connectivity index (χ0) is 25.1. The molecule has 0 radical (unpaired) electrons. The van der Waals surface area contributed by atoms with Crippen molar-refractivity contribution in [3.05, 3.63) is 95.0 Å². The van der Waals surface area contributed by atoms with Gasteiger partial charge in [0.25, 0.3) is 11.2 Å². The Hall–Kier alpha value is -3.34. The van der Waals surface area contributed by atoms with Crippen molar-refractivity contribution < 1.29 is 9.66 Å². The summed E-state index contributed by atoms with van der Waals surface area (Å²) in [7, 11) is 0. The first-order chi connectivity index (χ1) is 16.8. The maximum Gasteiger partial charge on any atom is 0.287 e. The van der Waals surface area contributed by atoms with Crippen LogP contribution in [0, 0.1) is 10.1 Å². The van der Waals surface area contributed by atoms with Crippen LogP contribution in [0.15, 0.2) is 63.0 Å². The van der Waals surface area contributed by atoms with Gasteiger partial charge in [-0.25, -0.2) is 9.97 Å². The molecule has 2 aromatic heterocycles. The monoisotopic (exact) mass is 575 g/mol. The highest BCUT2D eigenvalue weighted by molar-refractivity contribution is 9.10. The molecule has 0 aliphatic heterocycles. The number of aryl methyl sites for hydroxylation is 1. The van der Waals surface area contributed by atoms with Crippen LogP contribution in [0.4, 0.5) is 5.69 Å². The molecule has 0 saturated heterocycles. The highest BCUT2D eigenvalue weighted by atomic mass is 79.9. The third-order valence-corrected chi connectivity index (χ3v) is 5.88. The maximum absolute atomic E-state index is 13.1. The Labute approximate surface area is 217 Å². The van der Waals surface area contributed by atoms with E-state index < -0.39 is 4.92 Å². The number of pyridine rings is 1. The van der Waals surface area contributed by atoms with Gasteiger partial charge >= 0.3 is 0 Å². The molecule has 0 fully saturated rings. The fourth-order valence-corrected chi connectivity index (χ4v) is 4.16. The first-order valence-corrected chi connectivity index (χ1v) is 11.8. The summed E-state index contributed by atoms with van der Waals surface area (Å²) in [5.41, 5.74) is 0.653. The zero-order valence-electron chi connectivity index (χ0n) is 18.1. The van der Waals surface area contributed by atoms with Gasteiger partial charge < -0.3 is 4.74 Å². The molecule has 12 heteroatoms. The van der Waals surface area contributed by atoms with Crippen molar-refractivity contribution in [2.45, 2.75) is 19.8 Å². The molecule has 0 unspecified atom stereocenters. The number of hydrogen-bond donors (Lipinski definition) is 0. The predicted molar refractivity (Wildman–Crippen MR) is 138 cm³/mol. The minimum Gasteiger partial charge on any atom is -0.436 e. The summed E-state index contributed by atoms with van der Waals surface area (Å²) in [6, 6.07) is 11.0. The Morgan fingerprint density at radius 2 is 1.94 bits per heavy atom. The average molecular weight is 577 g/mol. The van der Waals surface area contributed by atoms with E-state index >= 15 is 0 Å². The largest absolute Gasteiger partial charge is 0.436 e. The fourth-order valence-electron chi connectivity index (χ4n) is 3.22. The van der Waals surface area contributed by atoms with Gasteiger partial charge in [-0.2, -0.15) is 9.78 Å². The minimum absolute atomic E-state index is 0.0879. The molecule has 4 aromatic rings. The molecule has 0 N–H and O–H groups in total. The maximum atomic E-state index is 13.1. The van der Waals surface area contributed by atoms with Crippen LogP contribution in [-0.2, 0) is 6.42 Å². The van der Waals surface area contributed by atoms with Crippen LogP contribution in [0.25, 0.3) is 10.9 Å². The lowest BCUT2D eigenvalue weighted by Gasteiger charge is -2.10. The number of nitrogens with zero attached hydrogens (tertiary/aromatic N) is 5. The molecule has 0 bridgehead atoms. The van der Waals surface area contributed by atoms with Crippen LogP contribution >= 0.6 is 39.1 Å². The third-order valence-electron chi connectivity index (χ3n) is 4.83. The van der Waals surface area contributed by atoms with Crippen LogP contribution < -0.4 is 10.3 Å². The van der Waals surface area contributed by atoms with Crippen LogP contribution in [0.3, 0.4) is 0 Å². The number of hydrogen-bond acceptors (Lipinski definition) is 7. The van der Waals surface area contributed by atoms with Gasteiger partial charge in [0.2, 0.25) is 5.88 Å². The molecule has 0 spiro atoms. The van der Waals surface area contributed by atoms with Gasteiger partial charge in [0.05, 0.1) is 32.1 Å². The summed E-state index contributed by atoms with van der Waals surface area (Å²) in [5.74, 6) is 0.753. The Bertz CT molecular complexity index is 1500. The van der Waals surface area contributed by atoms with E-state index in [2.05, 4.69) is 31.0 Å². The van der Waals surface area contributed by atoms with Crippen molar-refractivity contribution in [3.8, 4) is 11.6 Å². The Kier molecular flexibility index (Phi) is 7.44. The molecule has 4 rings (SSSR count). The van der Waals surface area contributed by atoms with Crippen molar-refractivity contribution >= 4 is 61.9 Å². The van der Waals surface area contributed by atoms with Gasteiger partial charge in [0.1, 0.15) is 12.0 Å². The molecule has 9 nitrogen and oxygen atoms in total. The standard InChI is InChI=1S/C23H16BrCl2N5O4/c1-2-3-20-29-19-6-4-14(24)10-16(19)23(32)30(20)28-11-13-8-17(25)22(18(26)9-13)35-21-7-5-15(12-27-21)31(33)34/h4-12H,2-3H2,1H3. The van der Waals surface area contributed by atoms with E-state index in [1.54, 1.807) is 24.3 Å². The summed E-state index contributed by atoms with van der Waals surface area (Å²) in [4.78, 5) is 31.8. The van der Waals surface area contributed by atoms with Crippen LogP contribution in [0.2, 0.25) is 10.0 Å². The molecule has 0 amide bonds. The van der Waals surface area contributed by atoms with Crippen LogP contribution in [-0.4, -0.2) is 25.8 Å². The second-order valence-electron chi connectivity index (χ2n) is 7.33. The number of aromatic nitrogens is 3. The highest BCUT2D eigenvalue weighted by Crippen LogP contribution is 2.36. The van der Waals surface area contributed by atoms with Gasteiger partial charge in [-0.3, -0.25) is 14.9 Å². The summed E-state index contributed by atoms with van der Waals surface area (Å²) in [6.45, 7) is 1.99. The molecule has 178 valence electrons. The lowest BCUT2D eigenvalue weighted by molar-refractivity contribution is -0.385. The van der Waals surface area contributed by atoms with Gasteiger partial charge in [-0.15, -0.1) is 0 Å². The number of nitro groups is 1. The molecular weight excluding hydrogens is 561 g/mol. The van der Waals surface area contributed by atoms with E-state index in [-0.39, 0.29) is 32.9 Å². The van der Waals surface area contributed by atoms with E-state index in [0.29, 0.717) is 28.7 Å². The second-order valence-corrected chi connectivity index (χ2v) is 9.06. The summed E-state index contributed by atoms with van der Waals surface area (Å²) >= 11 is 16.1. The molecule has 0 aliphatic rings. The number of benzene rings is 2. The fraction of sp³-hybridized carbons (Fsp3) is 0.130. The van der Waals surface area contributed by atoms with Gasteiger partial charge in [0, 0.05) is 23.0 Å². The molecule has 35 heavy (non-hydrogen) atoms. The van der Waals surface area contributed by atoms with Crippen LogP contribution in [0.1, 0.15) is 24.7 Å². The first kappa shape index (κ1) is 24.8. The first-order valence-electron chi connectivity index (χ1n) is 10.3. The number of fused-ring (bicyclic) bond motifs is 1. The van der Waals surface area contributed by atoms with Crippen molar-refractivity contribution in [2.24, 2.45) is 5.10 Å². The topological polar surface area (TPSA) is 113 Å². The van der Waals surface area contributed by atoms with Crippen LogP contribution in [0.5, 0.6) is 11.6 Å². The lowest BCUT2D eigenvalue weighted by atomic mass is 10.2. The Morgan fingerprint density at radius 1 is 1.20 bits per heavy atom. The summed E-state index contributed by atoms with van der Waals surface area (Å²) in [6.07, 6.45) is 3.87. The quantitative estimate of drug-likeness (QED) is 0.143. The number of ether oxygens (including phenoxy) is 1. The van der Waals surface area contributed by atoms with Crippen molar-refractivity contribution in [2.75, 3.05) is 0 Å². The molecule has 2 aromatic carbocycles. The second kappa shape index (κ2) is 10.5. The van der Waals surface area contributed by atoms with E-state index in [1.165, 1.54) is 23.0 Å². The highest BCUT2D eigenvalue weighted by Gasteiger charge is 2.14. The van der Waals surface area contributed by atoms with Gasteiger partial charge in [-0.05, 0) is 42.3 Å². The van der Waals surface area contributed by atoms with Gasteiger partial charge in [0.15, 0.2) is 5.75 Å². The average Bonchev–Trinajstić information content (AvgIpc) is 2.82. The van der Waals surface area contributed by atoms with Crippen molar-refractivity contribution in [1.29, 1.82) is 0 Å². The number of halogens is 3. The van der Waals surface area contributed by atoms with Crippen molar-refractivity contribution in [3.63, 3.8) is 0 Å². The third kappa shape index (κ3) is 5.50. The lowest BCUT2D eigenvalue weighted by Crippen LogP contribution is -2.22. The minimum atomic E-state index is -0.563. The summed E-state index contributed by atoms with van der Waals surface area (Å²) in [5, 5.41) is 15.9. The number of rotatable bonds is 7. The smallest absolute Gasteiger partial charge is 0.287 e. The molecule has 0 saturated carbocycles. The zero-order valence-corrected chi connectivity index (χ0v) is 21.2. The van der Waals surface area contributed by atoms with E-state index in [1.807, 2.05) is 13.0 Å². The van der Waals surface area contributed by atoms with E-state index in [0.717, 1.165) is 17.1 Å². The summed E-state index contributed by atoms with van der Waals surface area (Å²) < 4.78 is 7.64. The van der Waals surface area contributed by atoms with E-state index in [4.69, 9.17) is 27.9 Å². The SMILES string of the molecule is CCCc1nc2ccc(Br)cc2c(=O)n1N=Cc1cc(Cl)c(Oc2ccc([N+](=O)[O-])cn2)c(Cl)c1. The molecule has 2 heterocycles. The van der Waals surface area contributed by atoms with Gasteiger partial charge in [-0.1, -0.05) is 46.1 Å². The van der Waals surface area contributed by atoms with E-state index in [9.17, 15) is 14.9 Å². The Morgan fingerprint density at radius 3 is 2.57 bits per heavy atom. The predicted octanol–water partition coefficient (Wildman–Crippen LogP) is 6.40. The van der Waals surface area contributed by atoms with Crippen molar-refractivity contribution in [1.82, 2.24) is 14.6 Å². The molecule has 0 atom stereocenters. The normalized spacial score (nSPS) is 11.3.